The minimum Gasteiger partial charge on any atom is -0.323 e. The molecule has 2 fully saturated rings. The van der Waals surface area contributed by atoms with E-state index < -0.39 is 5.54 Å². The number of aromatic nitrogens is 1. The summed E-state index contributed by atoms with van der Waals surface area (Å²) in [4.78, 5) is 32.6. The average Bonchev–Trinajstić information content (AvgIpc) is 3.17. The summed E-state index contributed by atoms with van der Waals surface area (Å²) in [5.74, 6) is -0.0435. The van der Waals surface area contributed by atoms with Gasteiger partial charge in [0.15, 0.2) is 11.7 Å². The predicted octanol–water partition coefficient (Wildman–Crippen LogP) is 2.08. The topological polar surface area (TPSA) is 66.7 Å². The maximum absolute atomic E-state index is 12.9. The summed E-state index contributed by atoms with van der Waals surface area (Å²) in [5, 5.41) is 4.02. The molecule has 2 N–H and O–H groups in total. The van der Waals surface area contributed by atoms with Crippen molar-refractivity contribution in [2.24, 2.45) is 0 Å². The quantitative estimate of drug-likeness (QED) is 0.807. The molecular weight excluding hydrogens is 348 g/mol. The number of amides is 3. The van der Waals surface area contributed by atoms with E-state index in [4.69, 9.17) is 4.98 Å². The van der Waals surface area contributed by atoms with Crippen LogP contribution in [0.1, 0.15) is 50.1 Å². The molecule has 26 heavy (non-hydrogen) atoms. The van der Waals surface area contributed by atoms with Crippen molar-refractivity contribution in [3.8, 4) is 0 Å². The van der Waals surface area contributed by atoms with Crippen LogP contribution in [0.15, 0.2) is 24.3 Å². The van der Waals surface area contributed by atoms with Crippen molar-refractivity contribution in [3.05, 3.63) is 29.3 Å². The van der Waals surface area contributed by atoms with Crippen molar-refractivity contribution >= 4 is 33.5 Å². The summed E-state index contributed by atoms with van der Waals surface area (Å²) < 4.78 is 1.17. The summed E-state index contributed by atoms with van der Waals surface area (Å²) in [7, 11) is 2.02. The third-order valence-corrected chi connectivity index (χ3v) is 7.00. The molecule has 2 heterocycles. The van der Waals surface area contributed by atoms with Gasteiger partial charge in [-0.25, -0.2) is 14.7 Å². The van der Waals surface area contributed by atoms with Gasteiger partial charge < -0.3 is 10.2 Å². The van der Waals surface area contributed by atoms with Crippen molar-refractivity contribution in [1.29, 1.82) is 0 Å². The maximum atomic E-state index is 12.9. The predicted molar refractivity (Wildman–Crippen MR) is 101 cm³/mol. The molecule has 1 aliphatic heterocycles. The number of thiazole rings is 1. The van der Waals surface area contributed by atoms with Crippen molar-refractivity contribution in [1.82, 2.24) is 15.2 Å². The molecule has 2 atom stereocenters. The Morgan fingerprint density at radius 3 is 2.73 bits per heavy atom. The molecule has 0 radical (unpaired) electrons. The number of fused-ring (bicyclic) bond motifs is 1. The Morgan fingerprint density at radius 1 is 1.27 bits per heavy atom. The zero-order valence-corrected chi connectivity index (χ0v) is 16.1. The standard InChI is InChI=1S/C19H24N4O2S/c1-13(16-20-14-8-4-5-9-15(14)26-16)22(2)12-23-17(24)19(21-18(23)25)10-6-3-7-11-19/h4-5,8-9,13H,3,6-7,10-12H2,1-2H3,(H,21,25)/p+1/t13-/m0/s1. The highest BCUT2D eigenvalue weighted by Crippen LogP contribution is 2.33. The molecule has 1 saturated carbocycles. The van der Waals surface area contributed by atoms with Gasteiger partial charge in [0, 0.05) is 0 Å². The lowest BCUT2D eigenvalue weighted by molar-refractivity contribution is -0.917. The molecule has 1 spiro atoms. The van der Waals surface area contributed by atoms with Gasteiger partial charge in [0.25, 0.3) is 5.91 Å². The number of carbonyl (C=O) groups is 2. The number of carbonyl (C=O) groups excluding carboxylic acids is 2. The first-order chi connectivity index (χ1) is 12.5. The highest BCUT2D eigenvalue weighted by molar-refractivity contribution is 7.18. The third-order valence-electron chi connectivity index (χ3n) is 5.78. The molecule has 7 heteroatoms. The monoisotopic (exact) mass is 373 g/mol. The van der Waals surface area contributed by atoms with Crippen molar-refractivity contribution in [2.75, 3.05) is 13.7 Å². The zero-order valence-electron chi connectivity index (χ0n) is 15.2. The largest absolute Gasteiger partial charge is 0.329 e. The summed E-state index contributed by atoms with van der Waals surface area (Å²) in [6.45, 7) is 2.46. The van der Waals surface area contributed by atoms with Crippen LogP contribution in [0.3, 0.4) is 0 Å². The number of hydrogen-bond donors (Lipinski definition) is 2. The molecule has 1 aromatic heterocycles. The molecule has 1 saturated heterocycles. The molecule has 2 aromatic rings. The minimum absolute atomic E-state index is 0.0435. The van der Waals surface area contributed by atoms with E-state index in [2.05, 4.69) is 18.3 Å². The first-order valence-electron chi connectivity index (χ1n) is 9.32. The second-order valence-electron chi connectivity index (χ2n) is 7.55. The van der Waals surface area contributed by atoms with Gasteiger partial charge in [-0.2, -0.15) is 0 Å². The fourth-order valence-electron chi connectivity index (χ4n) is 3.99. The molecule has 2 aliphatic rings. The number of rotatable bonds is 4. The van der Waals surface area contributed by atoms with Crippen LogP contribution in [0.5, 0.6) is 0 Å². The van der Waals surface area contributed by atoms with Gasteiger partial charge in [0.2, 0.25) is 0 Å². The fourth-order valence-corrected chi connectivity index (χ4v) is 5.10. The highest BCUT2D eigenvalue weighted by Gasteiger charge is 2.52. The van der Waals surface area contributed by atoms with Crippen molar-refractivity contribution in [2.45, 2.75) is 50.6 Å². The van der Waals surface area contributed by atoms with E-state index in [9.17, 15) is 9.59 Å². The lowest BCUT2D eigenvalue weighted by Crippen LogP contribution is -3.10. The third kappa shape index (κ3) is 2.89. The Kier molecular flexibility index (Phi) is 4.44. The van der Waals surface area contributed by atoms with E-state index in [1.54, 1.807) is 11.3 Å². The number of quaternary nitrogens is 1. The SMILES string of the molecule is C[C@@H](c1nc2ccccc2s1)[NH+](C)CN1C(=O)NC2(CCCCC2)C1=O. The first kappa shape index (κ1) is 17.4. The summed E-state index contributed by atoms with van der Waals surface area (Å²) in [6.07, 6.45) is 4.68. The fraction of sp³-hybridized carbons (Fsp3) is 0.526. The number of urea groups is 1. The van der Waals surface area contributed by atoms with Crippen LogP contribution in [0, 0.1) is 0 Å². The van der Waals surface area contributed by atoms with E-state index in [1.807, 2.05) is 25.2 Å². The van der Waals surface area contributed by atoms with E-state index in [1.165, 1.54) is 9.60 Å². The zero-order chi connectivity index (χ0) is 18.3. The lowest BCUT2D eigenvalue weighted by Gasteiger charge is -2.30. The molecule has 1 unspecified atom stereocenters. The number of hydrogen-bond acceptors (Lipinski definition) is 4. The summed E-state index contributed by atoms with van der Waals surface area (Å²) in [5.41, 5.74) is 0.359. The molecule has 0 bridgehead atoms. The molecule has 4 rings (SSSR count). The van der Waals surface area contributed by atoms with Crippen LogP contribution >= 0.6 is 11.3 Å². The Bertz CT molecular complexity index is 810. The Labute approximate surface area is 157 Å². The van der Waals surface area contributed by atoms with Gasteiger partial charge in [-0.05, 0) is 31.9 Å². The summed E-state index contributed by atoms with van der Waals surface area (Å²) in [6, 6.07) is 7.96. The van der Waals surface area contributed by atoms with Gasteiger partial charge in [0.05, 0.1) is 17.3 Å². The molecule has 1 aromatic carbocycles. The van der Waals surface area contributed by atoms with E-state index in [0.29, 0.717) is 6.67 Å². The number of nitrogens with one attached hydrogen (secondary N) is 2. The Balaban J connectivity index is 1.49. The smallest absolute Gasteiger partial charge is 0.323 e. The van der Waals surface area contributed by atoms with Gasteiger partial charge in [-0.1, -0.05) is 31.4 Å². The van der Waals surface area contributed by atoms with Crippen LogP contribution in [0.2, 0.25) is 0 Å². The van der Waals surface area contributed by atoms with Gasteiger partial charge >= 0.3 is 6.03 Å². The highest BCUT2D eigenvalue weighted by atomic mass is 32.1. The van der Waals surface area contributed by atoms with E-state index in [0.717, 1.165) is 47.5 Å². The van der Waals surface area contributed by atoms with Crippen LogP contribution in [0.4, 0.5) is 4.79 Å². The van der Waals surface area contributed by atoms with Crippen LogP contribution in [0.25, 0.3) is 10.2 Å². The summed E-state index contributed by atoms with van der Waals surface area (Å²) >= 11 is 1.68. The minimum atomic E-state index is -0.644. The number of para-hydroxylation sites is 1. The van der Waals surface area contributed by atoms with Crippen LogP contribution in [-0.4, -0.2) is 41.1 Å². The van der Waals surface area contributed by atoms with Gasteiger partial charge in [-0.15, -0.1) is 11.3 Å². The normalized spacial score (nSPS) is 22.0. The second-order valence-corrected chi connectivity index (χ2v) is 8.61. The number of benzene rings is 1. The molecule has 6 nitrogen and oxygen atoms in total. The van der Waals surface area contributed by atoms with Crippen molar-refractivity contribution < 1.29 is 14.5 Å². The lowest BCUT2D eigenvalue weighted by atomic mass is 9.82. The first-order valence-corrected chi connectivity index (χ1v) is 10.1. The second kappa shape index (κ2) is 6.63. The molecule has 3 amide bonds. The number of nitrogens with zero attached hydrogens (tertiary/aromatic N) is 2. The Morgan fingerprint density at radius 2 is 2.00 bits per heavy atom. The van der Waals surface area contributed by atoms with Crippen molar-refractivity contribution in [3.63, 3.8) is 0 Å². The van der Waals surface area contributed by atoms with Gasteiger partial charge in [0.1, 0.15) is 11.6 Å². The van der Waals surface area contributed by atoms with E-state index in [-0.39, 0.29) is 18.0 Å². The Hall–Kier alpha value is -1.99. The molecule has 138 valence electrons. The van der Waals surface area contributed by atoms with Crippen LogP contribution < -0.4 is 10.2 Å². The van der Waals surface area contributed by atoms with Gasteiger partial charge in [-0.3, -0.25) is 4.79 Å². The molecule has 1 aliphatic carbocycles. The van der Waals surface area contributed by atoms with Crippen LogP contribution in [-0.2, 0) is 4.79 Å². The van der Waals surface area contributed by atoms with E-state index >= 15 is 0 Å². The maximum Gasteiger partial charge on any atom is 0.329 e. The molecular formula is C19H25N4O2S+. The number of imide groups is 1. The average molecular weight is 374 g/mol.